The summed E-state index contributed by atoms with van der Waals surface area (Å²) in [4.78, 5) is 25.7. The van der Waals surface area contributed by atoms with Gasteiger partial charge in [0.2, 0.25) is 15.8 Å². The van der Waals surface area contributed by atoms with Crippen molar-refractivity contribution in [1.29, 1.82) is 5.26 Å². The van der Waals surface area contributed by atoms with E-state index < -0.39 is 16.0 Å². The number of ether oxygens (including phenoxy) is 1. The molecule has 0 bridgehead atoms. The molecular formula is C18H18N2O5S2. The summed E-state index contributed by atoms with van der Waals surface area (Å²) in [6, 6.07) is 10.6. The van der Waals surface area contributed by atoms with E-state index in [1.165, 1.54) is 35.6 Å². The Balaban J connectivity index is 1.95. The number of ketones is 1. The van der Waals surface area contributed by atoms with Gasteiger partial charge in [0.15, 0.2) is 6.61 Å². The molecule has 7 nitrogen and oxygen atoms in total. The average Bonchev–Trinajstić information content (AvgIpc) is 3.15. The quantitative estimate of drug-likeness (QED) is 0.389. The second kappa shape index (κ2) is 9.41. The number of rotatable bonds is 9. The third-order valence-electron chi connectivity index (χ3n) is 3.55. The van der Waals surface area contributed by atoms with Crippen LogP contribution in [0.5, 0.6) is 0 Å². The fourth-order valence-electron chi connectivity index (χ4n) is 2.10. The van der Waals surface area contributed by atoms with E-state index >= 15 is 0 Å². The smallest absolute Gasteiger partial charge is 0.338 e. The lowest BCUT2D eigenvalue weighted by molar-refractivity contribution is 0.0475. The molecule has 0 unspecified atom stereocenters. The molecule has 1 aromatic heterocycles. The summed E-state index contributed by atoms with van der Waals surface area (Å²) < 4.78 is 31.3. The van der Waals surface area contributed by atoms with E-state index in [2.05, 4.69) is 4.72 Å². The van der Waals surface area contributed by atoms with E-state index in [0.29, 0.717) is 4.88 Å². The standard InChI is InChI=1S/C18H18N2O5S2/c1-2-14-6-9-17(26-14)16(21)12-25-18(22)13-4-7-15(8-5-13)27(23,24)20-11-3-10-19/h4-9,20H,2-3,11-12H2,1H3. The van der Waals surface area contributed by atoms with E-state index in [0.717, 1.165) is 11.3 Å². The molecule has 0 amide bonds. The number of nitrogens with zero attached hydrogens (tertiary/aromatic N) is 1. The van der Waals surface area contributed by atoms with Crippen LogP contribution in [0.2, 0.25) is 0 Å². The van der Waals surface area contributed by atoms with Crippen LogP contribution >= 0.6 is 11.3 Å². The molecule has 9 heteroatoms. The highest BCUT2D eigenvalue weighted by Gasteiger charge is 2.16. The Bertz CT molecular complexity index is 956. The highest BCUT2D eigenvalue weighted by molar-refractivity contribution is 7.89. The van der Waals surface area contributed by atoms with Crippen LogP contribution in [-0.2, 0) is 21.2 Å². The van der Waals surface area contributed by atoms with Gasteiger partial charge >= 0.3 is 5.97 Å². The molecule has 2 rings (SSSR count). The lowest BCUT2D eigenvalue weighted by atomic mass is 10.2. The zero-order valence-electron chi connectivity index (χ0n) is 14.6. The third-order valence-corrected chi connectivity index (χ3v) is 6.30. The molecule has 1 N–H and O–H groups in total. The molecule has 0 fully saturated rings. The minimum Gasteiger partial charge on any atom is -0.454 e. The van der Waals surface area contributed by atoms with E-state index in [4.69, 9.17) is 10.00 Å². The van der Waals surface area contributed by atoms with E-state index in [1.54, 1.807) is 6.07 Å². The summed E-state index contributed by atoms with van der Waals surface area (Å²) in [6.07, 6.45) is 0.889. The van der Waals surface area contributed by atoms with Crippen molar-refractivity contribution < 1.29 is 22.7 Å². The van der Waals surface area contributed by atoms with Gasteiger partial charge in [0.05, 0.1) is 21.4 Å². The van der Waals surface area contributed by atoms with Gasteiger partial charge in [0.25, 0.3) is 0 Å². The van der Waals surface area contributed by atoms with Crippen molar-refractivity contribution in [3.05, 3.63) is 51.7 Å². The Morgan fingerprint density at radius 3 is 2.48 bits per heavy atom. The van der Waals surface area contributed by atoms with Gasteiger partial charge < -0.3 is 4.74 Å². The molecule has 27 heavy (non-hydrogen) atoms. The Hall–Kier alpha value is -2.54. The average molecular weight is 406 g/mol. The zero-order chi connectivity index (χ0) is 19.9. The summed E-state index contributed by atoms with van der Waals surface area (Å²) in [6.45, 7) is 1.62. The number of Topliss-reactive ketones (excluding diaryl/α,β-unsaturated/α-hetero) is 1. The van der Waals surface area contributed by atoms with Gasteiger partial charge in [-0.15, -0.1) is 11.3 Å². The molecule has 0 aliphatic carbocycles. The van der Waals surface area contributed by atoms with Crippen LogP contribution in [0.15, 0.2) is 41.3 Å². The Labute approximate surface area is 161 Å². The Morgan fingerprint density at radius 2 is 1.89 bits per heavy atom. The first-order valence-electron chi connectivity index (χ1n) is 8.13. The minimum atomic E-state index is -3.74. The summed E-state index contributed by atoms with van der Waals surface area (Å²) >= 11 is 1.37. The predicted octanol–water partition coefficient (Wildman–Crippen LogP) is 2.54. The van der Waals surface area contributed by atoms with Crippen molar-refractivity contribution >= 4 is 33.1 Å². The van der Waals surface area contributed by atoms with E-state index in [-0.39, 0.29) is 35.8 Å². The van der Waals surface area contributed by atoms with Gasteiger partial charge in [-0.2, -0.15) is 5.26 Å². The SMILES string of the molecule is CCc1ccc(C(=O)COC(=O)c2ccc(S(=O)(=O)NCCC#N)cc2)s1. The van der Waals surface area contributed by atoms with E-state index in [9.17, 15) is 18.0 Å². The van der Waals surface area contributed by atoms with Gasteiger partial charge in [0, 0.05) is 17.8 Å². The maximum absolute atomic E-state index is 12.0. The van der Waals surface area contributed by atoms with Crippen LogP contribution in [0.3, 0.4) is 0 Å². The van der Waals surface area contributed by atoms with Crippen LogP contribution in [0, 0.1) is 11.3 Å². The van der Waals surface area contributed by atoms with Crippen molar-refractivity contribution in [2.75, 3.05) is 13.2 Å². The zero-order valence-corrected chi connectivity index (χ0v) is 16.2. The monoisotopic (exact) mass is 406 g/mol. The second-order valence-corrected chi connectivity index (χ2v) is 8.38. The molecule has 0 aliphatic heterocycles. The first-order valence-corrected chi connectivity index (χ1v) is 10.4. The lowest BCUT2D eigenvalue weighted by Crippen LogP contribution is -2.24. The van der Waals surface area contributed by atoms with Gasteiger partial charge in [0.1, 0.15) is 0 Å². The third kappa shape index (κ3) is 5.72. The Morgan fingerprint density at radius 1 is 1.19 bits per heavy atom. The summed E-state index contributed by atoms with van der Waals surface area (Å²) in [5.74, 6) is -0.994. The number of esters is 1. The number of nitrogens with one attached hydrogen (secondary N) is 1. The van der Waals surface area contributed by atoms with Crippen molar-refractivity contribution in [2.24, 2.45) is 0 Å². The number of benzene rings is 1. The summed E-state index contributed by atoms with van der Waals surface area (Å²) in [5, 5.41) is 8.45. The molecule has 0 atom stereocenters. The number of aryl methyl sites for hydroxylation is 1. The second-order valence-electron chi connectivity index (χ2n) is 5.45. The lowest BCUT2D eigenvalue weighted by Gasteiger charge is -2.07. The largest absolute Gasteiger partial charge is 0.454 e. The fraction of sp³-hybridized carbons (Fsp3) is 0.278. The fourth-order valence-corrected chi connectivity index (χ4v) is 4.00. The summed E-state index contributed by atoms with van der Waals surface area (Å²) in [5.41, 5.74) is 0.138. The van der Waals surface area contributed by atoms with Crippen molar-refractivity contribution in [2.45, 2.75) is 24.7 Å². The molecule has 1 heterocycles. The van der Waals surface area contributed by atoms with Crippen LogP contribution in [0.25, 0.3) is 0 Å². The number of carbonyl (C=O) groups excluding carboxylic acids is 2. The van der Waals surface area contributed by atoms with Gasteiger partial charge in [-0.3, -0.25) is 4.79 Å². The number of hydrogen-bond acceptors (Lipinski definition) is 7. The number of sulfonamides is 1. The molecular weight excluding hydrogens is 388 g/mol. The number of hydrogen-bond donors (Lipinski definition) is 1. The van der Waals surface area contributed by atoms with E-state index in [1.807, 2.05) is 19.1 Å². The first kappa shape index (κ1) is 20.8. The highest BCUT2D eigenvalue weighted by Crippen LogP contribution is 2.18. The number of thiophene rings is 1. The van der Waals surface area contributed by atoms with Gasteiger partial charge in [-0.25, -0.2) is 17.9 Å². The number of carbonyl (C=O) groups is 2. The maximum Gasteiger partial charge on any atom is 0.338 e. The molecule has 0 saturated carbocycles. The van der Waals surface area contributed by atoms with Crippen molar-refractivity contribution in [3.8, 4) is 6.07 Å². The molecule has 0 spiro atoms. The molecule has 142 valence electrons. The predicted molar refractivity (Wildman–Crippen MR) is 100 cm³/mol. The molecule has 1 aromatic carbocycles. The highest BCUT2D eigenvalue weighted by atomic mass is 32.2. The molecule has 0 aliphatic rings. The van der Waals surface area contributed by atoms with Crippen LogP contribution in [0.1, 0.15) is 38.3 Å². The minimum absolute atomic E-state index is 0.00715. The molecule has 0 radical (unpaired) electrons. The van der Waals surface area contributed by atoms with Gasteiger partial charge in [-0.05, 0) is 42.8 Å². The number of nitriles is 1. The molecule has 0 saturated heterocycles. The maximum atomic E-state index is 12.0. The first-order chi connectivity index (χ1) is 12.9. The van der Waals surface area contributed by atoms with Crippen molar-refractivity contribution in [1.82, 2.24) is 4.72 Å². The normalized spacial score (nSPS) is 11.0. The van der Waals surface area contributed by atoms with Crippen LogP contribution in [0.4, 0.5) is 0 Å². The topological polar surface area (TPSA) is 113 Å². The van der Waals surface area contributed by atoms with Gasteiger partial charge in [-0.1, -0.05) is 6.92 Å². The van der Waals surface area contributed by atoms with Crippen molar-refractivity contribution in [3.63, 3.8) is 0 Å². The molecule has 2 aromatic rings. The Kier molecular flexibility index (Phi) is 7.24. The van der Waals surface area contributed by atoms with Crippen LogP contribution in [-0.4, -0.2) is 33.3 Å². The van der Waals surface area contributed by atoms with Crippen LogP contribution < -0.4 is 4.72 Å². The summed E-state index contributed by atoms with van der Waals surface area (Å²) in [7, 11) is -3.74.